The van der Waals surface area contributed by atoms with Gasteiger partial charge in [-0.25, -0.2) is 0 Å². The minimum atomic E-state index is -0.0248. The van der Waals surface area contributed by atoms with Crippen LogP contribution in [0, 0.1) is 6.92 Å². The van der Waals surface area contributed by atoms with Crippen LogP contribution in [0.5, 0.6) is 0 Å². The quantitative estimate of drug-likeness (QED) is 0.884. The number of anilines is 2. The van der Waals surface area contributed by atoms with Gasteiger partial charge in [0.05, 0.1) is 0 Å². The maximum atomic E-state index is 12.3. The number of amides is 1. The molecule has 5 nitrogen and oxygen atoms in total. The van der Waals surface area contributed by atoms with Crippen LogP contribution in [0.25, 0.3) is 0 Å². The Morgan fingerprint density at radius 3 is 2.57 bits per heavy atom. The average Bonchev–Trinajstić information content (AvgIpc) is 2.59. The van der Waals surface area contributed by atoms with Gasteiger partial charge in [0.25, 0.3) is 5.91 Å². The van der Waals surface area contributed by atoms with Gasteiger partial charge < -0.3 is 10.2 Å². The first-order chi connectivity index (χ1) is 11.1. The Hall–Kier alpha value is -1.95. The van der Waals surface area contributed by atoms with Crippen LogP contribution in [-0.2, 0) is 0 Å². The molecule has 0 atom stereocenters. The van der Waals surface area contributed by atoms with Gasteiger partial charge in [-0.2, -0.15) is 0 Å². The van der Waals surface area contributed by atoms with Crippen LogP contribution in [-0.4, -0.2) is 34.1 Å². The fourth-order valence-corrected chi connectivity index (χ4v) is 2.89. The molecule has 1 N–H and O–H groups in total. The zero-order valence-corrected chi connectivity index (χ0v) is 14.6. The van der Waals surface area contributed by atoms with Crippen molar-refractivity contribution in [3.63, 3.8) is 0 Å². The van der Waals surface area contributed by atoms with Gasteiger partial charge >= 0.3 is 0 Å². The summed E-state index contributed by atoms with van der Waals surface area (Å²) < 4.78 is 1.07. The summed E-state index contributed by atoms with van der Waals surface area (Å²) in [4.78, 5) is 14.2. The third kappa shape index (κ3) is 3.88. The molecule has 120 valence electrons. The van der Waals surface area contributed by atoms with Crippen LogP contribution in [0.1, 0.15) is 35.3 Å². The Morgan fingerprint density at radius 2 is 1.91 bits per heavy atom. The highest BCUT2D eigenvalue weighted by Gasteiger charge is 2.19. The molecule has 1 aromatic heterocycles. The van der Waals surface area contributed by atoms with Crippen molar-refractivity contribution < 1.29 is 4.79 Å². The number of nitrogens with one attached hydrogen (secondary N) is 1. The molecule has 1 amide bonds. The van der Waals surface area contributed by atoms with Crippen molar-refractivity contribution in [2.75, 3.05) is 18.4 Å². The van der Waals surface area contributed by atoms with Crippen molar-refractivity contribution in [2.45, 2.75) is 26.2 Å². The van der Waals surface area contributed by atoms with Crippen LogP contribution in [0.15, 0.2) is 34.8 Å². The first-order valence-corrected chi connectivity index (χ1v) is 8.59. The third-order valence-electron chi connectivity index (χ3n) is 3.96. The molecule has 2 aromatic rings. The summed E-state index contributed by atoms with van der Waals surface area (Å²) in [6, 6.07) is 9.50. The largest absolute Gasteiger partial charge is 0.339 e. The summed E-state index contributed by atoms with van der Waals surface area (Å²) >= 11 is 3.48. The van der Waals surface area contributed by atoms with E-state index in [0.717, 1.165) is 41.7 Å². The summed E-state index contributed by atoms with van der Waals surface area (Å²) in [6.45, 7) is 3.67. The van der Waals surface area contributed by atoms with E-state index in [0.29, 0.717) is 11.5 Å². The Labute approximate surface area is 144 Å². The lowest BCUT2D eigenvalue weighted by molar-refractivity contribution is 0.0717. The van der Waals surface area contributed by atoms with Crippen molar-refractivity contribution in [1.29, 1.82) is 0 Å². The van der Waals surface area contributed by atoms with E-state index in [1.807, 2.05) is 30.0 Å². The van der Waals surface area contributed by atoms with Gasteiger partial charge in [-0.3, -0.25) is 4.79 Å². The summed E-state index contributed by atoms with van der Waals surface area (Å²) in [5, 5.41) is 11.4. The smallest absolute Gasteiger partial charge is 0.274 e. The fraction of sp³-hybridized carbons (Fsp3) is 0.353. The minimum absolute atomic E-state index is 0.0248. The molecule has 1 aliphatic rings. The molecule has 0 radical (unpaired) electrons. The Balaban J connectivity index is 1.68. The second-order valence-corrected chi connectivity index (χ2v) is 6.60. The van der Waals surface area contributed by atoms with Crippen LogP contribution in [0.3, 0.4) is 0 Å². The van der Waals surface area contributed by atoms with E-state index in [4.69, 9.17) is 0 Å². The van der Waals surface area contributed by atoms with Crippen LogP contribution < -0.4 is 5.32 Å². The topological polar surface area (TPSA) is 58.1 Å². The van der Waals surface area contributed by atoms with E-state index < -0.39 is 0 Å². The molecule has 23 heavy (non-hydrogen) atoms. The second-order valence-electron chi connectivity index (χ2n) is 5.75. The molecule has 0 aliphatic carbocycles. The van der Waals surface area contributed by atoms with Gasteiger partial charge in [0.2, 0.25) is 0 Å². The Morgan fingerprint density at radius 1 is 1.13 bits per heavy atom. The number of hydrogen-bond donors (Lipinski definition) is 1. The molecule has 1 fully saturated rings. The zero-order chi connectivity index (χ0) is 16.2. The molecule has 0 bridgehead atoms. The number of carbonyl (C=O) groups excluding carboxylic acids is 1. The van der Waals surface area contributed by atoms with Crippen LogP contribution in [0.4, 0.5) is 11.5 Å². The van der Waals surface area contributed by atoms with Crippen LogP contribution >= 0.6 is 15.9 Å². The highest BCUT2D eigenvalue weighted by molar-refractivity contribution is 9.10. The van der Waals surface area contributed by atoms with E-state index in [-0.39, 0.29) is 5.91 Å². The maximum Gasteiger partial charge on any atom is 0.274 e. The van der Waals surface area contributed by atoms with Gasteiger partial charge in [0.1, 0.15) is 0 Å². The number of benzene rings is 1. The molecule has 1 aliphatic heterocycles. The molecule has 0 spiro atoms. The summed E-state index contributed by atoms with van der Waals surface area (Å²) in [5.41, 5.74) is 2.49. The van der Waals surface area contributed by atoms with Crippen molar-refractivity contribution in [3.05, 3.63) is 46.1 Å². The molecule has 3 rings (SSSR count). The van der Waals surface area contributed by atoms with Gasteiger partial charge in [0.15, 0.2) is 11.5 Å². The van der Waals surface area contributed by atoms with Gasteiger partial charge in [-0.15, -0.1) is 10.2 Å². The van der Waals surface area contributed by atoms with Crippen molar-refractivity contribution >= 4 is 33.3 Å². The number of hydrogen-bond acceptors (Lipinski definition) is 4. The normalized spacial score (nSPS) is 14.6. The van der Waals surface area contributed by atoms with Crippen LogP contribution in [0.2, 0.25) is 0 Å². The van der Waals surface area contributed by atoms with E-state index in [1.165, 1.54) is 6.42 Å². The number of piperidine rings is 1. The number of aryl methyl sites for hydroxylation is 1. The van der Waals surface area contributed by atoms with Gasteiger partial charge in [0, 0.05) is 23.2 Å². The predicted molar refractivity (Wildman–Crippen MR) is 93.9 cm³/mol. The van der Waals surface area contributed by atoms with Crippen molar-refractivity contribution in [1.82, 2.24) is 15.1 Å². The SMILES string of the molecule is Cc1cc(Nc2ccc(C(=O)N3CCCCC3)nn2)ccc1Br. The van der Waals surface area contributed by atoms with Gasteiger partial charge in [-0.05, 0) is 62.1 Å². The summed E-state index contributed by atoms with van der Waals surface area (Å²) in [5.74, 6) is 0.602. The summed E-state index contributed by atoms with van der Waals surface area (Å²) in [7, 11) is 0. The highest BCUT2D eigenvalue weighted by atomic mass is 79.9. The second kappa shape index (κ2) is 7.08. The summed E-state index contributed by atoms with van der Waals surface area (Å²) in [6.07, 6.45) is 3.34. The monoisotopic (exact) mass is 374 g/mol. The lowest BCUT2D eigenvalue weighted by Crippen LogP contribution is -2.36. The van der Waals surface area contributed by atoms with E-state index in [1.54, 1.807) is 12.1 Å². The number of aromatic nitrogens is 2. The Bertz CT molecular complexity index is 696. The van der Waals surface area contributed by atoms with E-state index in [2.05, 4.69) is 31.4 Å². The standard InChI is InChI=1S/C17H19BrN4O/c1-12-11-13(5-6-14(12)18)19-16-8-7-15(20-21-16)17(23)22-9-3-2-4-10-22/h5-8,11H,2-4,9-10H2,1H3,(H,19,21). The Kier molecular flexibility index (Phi) is 4.91. The molecule has 1 saturated heterocycles. The number of nitrogens with zero attached hydrogens (tertiary/aromatic N) is 3. The van der Waals surface area contributed by atoms with E-state index >= 15 is 0 Å². The highest BCUT2D eigenvalue weighted by Crippen LogP contribution is 2.22. The zero-order valence-electron chi connectivity index (χ0n) is 13.1. The van der Waals surface area contributed by atoms with Crippen molar-refractivity contribution in [3.8, 4) is 0 Å². The number of carbonyl (C=O) groups is 1. The molecular formula is C17H19BrN4O. The molecule has 1 aromatic carbocycles. The van der Waals surface area contributed by atoms with Gasteiger partial charge in [-0.1, -0.05) is 15.9 Å². The van der Waals surface area contributed by atoms with Crippen molar-refractivity contribution in [2.24, 2.45) is 0 Å². The maximum absolute atomic E-state index is 12.3. The number of rotatable bonds is 3. The molecule has 0 saturated carbocycles. The lowest BCUT2D eigenvalue weighted by Gasteiger charge is -2.26. The molecule has 0 unspecified atom stereocenters. The minimum Gasteiger partial charge on any atom is -0.339 e. The third-order valence-corrected chi connectivity index (χ3v) is 4.85. The first-order valence-electron chi connectivity index (χ1n) is 7.80. The predicted octanol–water partition coefficient (Wildman–Crippen LogP) is 3.92. The molecular weight excluding hydrogens is 356 g/mol. The fourth-order valence-electron chi connectivity index (χ4n) is 2.64. The molecule has 6 heteroatoms. The number of halogens is 1. The average molecular weight is 375 g/mol. The lowest BCUT2D eigenvalue weighted by atomic mass is 10.1. The first kappa shape index (κ1) is 15.9. The van der Waals surface area contributed by atoms with E-state index in [9.17, 15) is 4.79 Å². The molecule has 2 heterocycles. The number of likely N-dealkylation sites (tertiary alicyclic amines) is 1.